The Labute approximate surface area is 152 Å². The molecule has 0 bridgehead atoms. The zero-order valence-electron chi connectivity index (χ0n) is 14.2. The molecule has 2 rings (SSSR count). The van der Waals surface area contributed by atoms with Crippen LogP contribution in [0.5, 0.6) is 11.5 Å². The van der Waals surface area contributed by atoms with E-state index in [0.29, 0.717) is 12.3 Å². The van der Waals surface area contributed by atoms with Gasteiger partial charge in [-0.05, 0) is 61.2 Å². The van der Waals surface area contributed by atoms with Crippen molar-refractivity contribution < 1.29 is 19.0 Å². The Kier molecular flexibility index (Phi) is 7.92. The van der Waals surface area contributed by atoms with Gasteiger partial charge in [-0.3, -0.25) is 0 Å². The third-order valence-corrected chi connectivity index (χ3v) is 3.80. The molecule has 0 atom stereocenters. The maximum absolute atomic E-state index is 11.6. The minimum absolute atomic E-state index is 0.136. The van der Waals surface area contributed by atoms with Gasteiger partial charge in [0.25, 0.3) is 0 Å². The first kappa shape index (κ1) is 18.9. The predicted octanol–water partition coefficient (Wildman–Crippen LogP) is 4.43. The molecule has 5 nitrogen and oxygen atoms in total. The van der Waals surface area contributed by atoms with Gasteiger partial charge in [-0.25, -0.2) is 4.79 Å². The van der Waals surface area contributed by atoms with E-state index in [1.165, 1.54) is 5.56 Å². The lowest BCUT2D eigenvalue weighted by atomic mass is 10.1. The zero-order valence-corrected chi connectivity index (χ0v) is 14.9. The van der Waals surface area contributed by atoms with Gasteiger partial charge in [0.2, 0.25) is 6.79 Å². The van der Waals surface area contributed by atoms with Crippen LogP contribution in [-0.4, -0.2) is 26.5 Å². The summed E-state index contributed by atoms with van der Waals surface area (Å²) in [6.45, 7) is 0.428. The highest BCUT2D eigenvalue weighted by atomic mass is 35.5. The average molecular weight is 364 g/mol. The predicted molar refractivity (Wildman–Crippen MR) is 97.4 cm³/mol. The first-order chi connectivity index (χ1) is 12.2. The normalized spacial score (nSPS) is 10.2. The van der Waals surface area contributed by atoms with Crippen LogP contribution < -0.4 is 14.8 Å². The number of nitrogens with one attached hydrogen (secondary N) is 1. The summed E-state index contributed by atoms with van der Waals surface area (Å²) in [5.74, 6) is 1.35. The van der Waals surface area contributed by atoms with E-state index in [-0.39, 0.29) is 6.79 Å². The minimum Gasteiger partial charge on any atom is -0.497 e. The maximum atomic E-state index is 11.6. The Bertz CT molecular complexity index is 643. The number of aryl methyl sites for hydroxylation is 1. The third-order valence-electron chi connectivity index (χ3n) is 3.55. The molecular formula is C19H22ClNO4. The quantitative estimate of drug-likeness (QED) is 0.528. The van der Waals surface area contributed by atoms with E-state index >= 15 is 0 Å². The molecule has 6 heteroatoms. The highest BCUT2D eigenvalue weighted by Gasteiger charge is 2.02. The SMILES string of the molecule is COc1ccc(OCOC(=O)NCCCCc2ccc(Cl)cc2)cc1. The van der Waals surface area contributed by atoms with Crippen molar-refractivity contribution in [1.82, 2.24) is 5.32 Å². The van der Waals surface area contributed by atoms with E-state index in [9.17, 15) is 4.79 Å². The molecule has 0 aliphatic carbocycles. The van der Waals surface area contributed by atoms with E-state index in [1.807, 2.05) is 24.3 Å². The number of methoxy groups -OCH3 is 1. The van der Waals surface area contributed by atoms with Crippen molar-refractivity contribution in [1.29, 1.82) is 0 Å². The number of benzene rings is 2. The van der Waals surface area contributed by atoms with Crippen LogP contribution in [0.3, 0.4) is 0 Å². The van der Waals surface area contributed by atoms with Gasteiger partial charge in [-0.1, -0.05) is 23.7 Å². The van der Waals surface area contributed by atoms with Crippen LogP contribution in [0.1, 0.15) is 18.4 Å². The van der Waals surface area contributed by atoms with E-state index in [1.54, 1.807) is 31.4 Å². The van der Waals surface area contributed by atoms with Crippen LogP contribution in [0.2, 0.25) is 5.02 Å². The molecule has 1 N–H and O–H groups in total. The second kappa shape index (κ2) is 10.5. The fraction of sp³-hybridized carbons (Fsp3) is 0.316. The Morgan fingerprint density at radius 3 is 2.36 bits per heavy atom. The summed E-state index contributed by atoms with van der Waals surface area (Å²) in [6, 6.07) is 14.8. The smallest absolute Gasteiger partial charge is 0.410 e. The van der Waals surface area contributed by atoms with Gasteiger partial charge in [-0.2, -0.15) is 0 Å². The fourth-order valence-electron chi connectivity index (χ4n) is 2.17. The van der Waals surface area contributed by atoms with Gasteiger partial charge in [0, 0.05) is 11.6 Å². The third kappa shape index (κ3) is 7.35. The summed E-state index contributed by atoms with van der Waals surface area (Å²) in [5.41, 5.74) is 1.24. The molecule has 25 heavy (non-hydrogen) atoms. The molecule has 0 radical (unpaired) electrons. The summed E-state index contributed by atoms with van der Waals surface area (Å²) < 4.78 is 15.3. The lowest BCUT2D eigenvalue weighted by Gasteiger charge is -2.09. The molecule has 0 aliphatic rings. The lowest BCUT2D eigenvalue weighted by Crippen LogP contribution is -2.26. The van der Waals surface area contributed by atoms with Crippen molar-refractivity contribution in [3.8, 4) is 11.5 Å². The number of hydrogen-bond donors (Lipinski definition) is 1. The van der Waals surface area contributed by atoms with Crippen LogP contribution in [0.15, 0.2) is 48.5 Å². The molecule has 0 fully saturated rings. The minimum atomic E-state index is -0.486. The van der Waals surface area contributed by atoms with E-state index in [4.69, 9.17) is 25.8 Å². The summed E-state index contributed by atoms with van der Waals surface area (Å²) in [4.78, 5) is 11.6. The number of halogens is 1. The second-order valence-corrected chi connectivity index (χ2v) is 5.82. The molecule has 0 heterocycles. The fourth-order valence-corrected chi connectivity index (χ4v) is 2.30. The van der Waals surface area contributed by atoms with Gasteiger partial charge in [0.05, 0.1) is 7.11 Å². The molecule has 2 aromatic carbocycles. The monoisotopic (exact) mass is 363 g/mol. The second-order valence-electron chi connectivity index (χ2n) is 5.38. The molecule has 1 amide bonds. The lowest BCUT2D eigenvalue weighted by molar-refractivity contribution is 0.0595. The number of hydrogen-bond acceptors (Lipinski definition) is 4. The number of carbonyl (C=O) groups excluding carboxylic acids is 1. The van der Waals surface area contributed by atoms with E-state index < -0.39 is 6.09 Å². The molecular weight excluding hydrogens is 342 g/mol. The van der Waals surface area contributed by atoms with Crippen LogP contribution in [0.4, 0.5) is 4.79 Å². The number of unbranched alkanes of at least 4 members (excludes halogenated alkanes) is 1. The summed E-state index contributed by atoms with van der Waals surface area (Å²) in [6.07, 6.45) is 2.32. The molecule has 0 unspecified atom stereocenters. The molecule has 0 saturated heterocycles. The summed E-state index contributed by atoms with van der Waals surface area (Å²) >= 11 is 5.85. The van der Waals surface area contributed by atoms with Gasteiger partial charge < -0.3 is 19.5 Å². The average Bonchev–Trinajstić information content (AvgIpc) is 2.63. The standard InChI is InChI=1S/C19H22ClNO4/c1-23-17-9-11-18(12-10-17)24-14-25-19(22)21-13-3-2-4-15-5-7-16(20)8-6-15/h5-12H,2-4,13-14H2,1H3,(H,21,22). The summed E-state index contributed by atoms with van der Waals surface area (Å²) in [7, 11) is 1.60. The number of ether oxygens (including phenoxy) is 3. The maximum Gasteiger partial charge on any atom is 0.410 e. The van der Waals surface area contributed by atoms with Crippen molar-refractivity contribution in [2.45, 2.75) is 19.3 Å². The van der Waals surface area contributed by atoms with Crippen molar-refractivity contribution in [3.05, 3.63) is 59.1 Å². The Morgan fingerprint density at radius 2 is 1.68 bits per heavy atom. The van der Waals surface area contributed by atoms with Crippen LogP contribution >= 0.6 is 11.6 Å². The van der Waals surface area contributed by atoms with Crippen LogP contribution in [0, 0.1) is 0 Å². The van der Waals surface area contributed by atoms with Crippen molar-refractivity contribution >= 4 is 17.7 Å². The highest BCUT2D eigenvalue weighted by Crippen LogP contribution is 2.16. The van der Waals surface area contributed by atoms with Gasteiger partial charge in [-0.15, -0.1) is 0 Å². The number of amides is 1. The van der Waals surface area contributed by atoms with Gasteiger partial charge in [0.15, 0.2) is 0 Å². The van der Waals surface area contributed by atoms with Crippen molar-refractivity contribution in [3.63, 3.8) is 0 Å². The molecule has 0 spiro atoms. The van der Waals surface area contributed by atoms with Gasteiger partial charge >= 0.3 is 6.09 Å². The first-order valence-electron chi connectivity index (χ1n) is 8.09. The van der Waals surface area contributed by atoms with Gasteiger partial charge in [0.1, 0.15) is 11.5 Å². The number of carbonyl (C=O) groups is 1. The molecule has 0 aliphatic heterocycles. The Hall–Kier alpha value is -2.40. The summed E-state index contributed by atoms with van der Waals surface area (Å²) in [5, 5.41) is 3.44. The van der Waals surface area contributed by atoms with Crippen molar-refractivity contribution in [2.75, 3.05) is 20.4 Å². The van der Waals surface area contributed by atoms with E-state index in [2.05, 4.69) is 5.32 Å². The van der Waals surface area contributed by atoms with Crippen LogP contribution in [0.25, 0.3) is 0 Å². The van der Waals surface area contributed by atoms with E-state index in [0.717, 1.165) is 30.0 Å². The zero-order chi connectivity index (χ0) is 17.9. The van der Waals surface area contributed by atoms with Crippen LogP contribution in [-0.2, 0) is 11.2 Å². The number of alkyl carbamates (subject to hydrolysis) is 1. The molecule has 134 valence electrons. The van der Waals surface area contributed by atoms with Crippen molar-refractivity contribution in [2.24, 2.45) is 0 Å². The highest BCUT2D eigenvalue weighted by molar-refractivity contribution is 6.30. The Balaban J connectivity index is 1.52. The number of rotatable bonds is 9. The topological polar surface area (TPSA) is 56.8 Å². The Morgan fingerprint density at radius 1 is 1.00 bits per heavy atom. The largest absolute Gasteiger partial charge is 0.497 e. The first-order valence-corrected chi connectivity index (χ1v) is 8.47. The molecule has 2 aromatic rings. The molecule has 0 aromatic heterocycles. The molecule has 0 saturated carbocycles.